The van der Waals surface area contributed by atoms with E-state index in [1.54, 1.807) is 6.07 Å². The molecule has 3 rings (SSSR count). The Hall–Kier alpha value is -2.28. The van der Waals surface area contributed by atoms with Gasteiger partial charge in [0.2, 0.25) is 0 Å². The van der Waals surface area contributed by atoms with Gasteiger partial charge in [0.15, 0.2) is 0 Å². The van der Waals surface area contributed by atoms with Gasteiger partial charge in [-0.1, -0.05) is 24.4 Å². The van der Waals surface area contributed by atoms with Crippen LogP contribution in [0.5, 0.6) is 0 Å². The molecule has 0 bridgehead atoms. The first-order valence-corrected chi connectivity index (χ1v) is 8.61. The van der Waals surface area contributed by atoms with E-state index in [0.717, 1.165) is 37.8 Å². The van der Waals surface area contributed by atoms with Gasteiger partial charge in [-0.3, -0.25) is 4.79 Å². The van der Waals surface area contributed by atoms with E-state index in [1.165, 1.54) is 18.3 Å². The maximum Gasteiger partial charge on any atom is 0.416 e. The number of rotatable bonds is 4. The maximum atomic E-state index is 12.8. The fraction of sp³-hybridized carbons (Fsp3) is 0.333. The predicted molar refractivity (Wildman–Crippen MR) is 93.7 cm³/mol. The van der Waals surface area contributed by atoms with Crippen LogP contribution in [0.4, 0.5) is 24.5 Å². The highest BCUT2D eigenvalue weighted by Crippen LogP contribution is 2.34. The molecule has 0 aliphatic heterocycles. The molecule has 0 saturated heterocycles. The van der Waals surface area contributed by atoms with E-state index in [-0.39, 0.29) is 28.4 Å². The topological polar surface area (TPSA) is 54.0 Å². The van der Waals surface area contributed by atoms with Crippen molar-refractivity contribution in [2.75, 3.05) is 5.32 Å². The Bertz CT molecular complexity index is 787. The van der Waals surface area contributed by atoms with E-state index < -0.39 is 11.7 Å². The van der Waals surface area contributed by atoms with Gasteiger partial charge >= 0.3 is 6.18 Å². The molecule has 1 aliphatic carbocycles. The van der Waals surface area contributed by atoms with Gasteiger partial charge in [0, 0.05) is 6.04 Å². The van der Waals surface area contributed by atoms with E-state index >= 15 is 0 Å². The normalized spacial score (nSPS) is 15.1. The molecule has 138 valence electrons. The van der Waals surface area contributed by atoms with Crippen LogP contribution >= 0.6 is 11.6 Å². The minimum atomic E-state index is -4.46. The standard InChI is InChI=1S/C18H17ClF3N3O/c19-14-7-5-11(18(20,21)22)9-16(14)24-13-6-8-15(23-10-13)17(26)25-12-3-1-2-4-12/h5-10,12,24H,1-4H2,(H,25,26). The number of carbonyl (C=O) groups is 1. The Balaban J connectivity index is 1.70. The van der Waals surface area contributed by atoms with Crippen LogP contribution in [-0.4, -0.2) is 16.9 Å². The highest BCUT2D eigenvalue weighted by atomic mass is 35.5. The summed E-state index contributed by atoms with van der Waals surface area (Å²) in [6.07, 6.45) is 1.10. The average molecular weight is 384 g/mol. The number of halogens is 4. The second-order valence-corrected chi connectivity index (χ2v) is 6.61. The third-order valence-corrected chi connectivity index (χ3v) is 4.59. The fourth-order valence-electron chi connectivity index (χ4n) is 2.88. The number of hydrogen-bond acceptors (Lipinski definition) is 3. The van der Waals surface area contributed by atoms with Crippen LogP contribution < -0.4 is 10.6 Å². The number of carbonyl (C=O) groups excluding carboxylic acids is 1. The van der Waals surface area contributed by atoms with Crippen molar-refractivity contribution in [2.24, 2.45) is 0 Å². The zero-order chi connectivity index (χ0) is 18.7. The Morgan fingerprint density at radius 1 is 1.15 bits per heavy atom. The molecule has 0 atom stereocenters. The molecule has 2 aromatic rings. The molecule has 8 heteroatoms. The first kappa shape index (κ1) is 18.5. The van der Waals surface area contributed by atoms with Crippen molar-refractivity contribution in [3.63, 3.8) is 0 Å². The summed E-state index contributed by atoms with van der Waals surface area (Å²) in [6, 6.07) is 6.32. The molecular weight excluding hydrogens is 367 g/mol. The molecule has 26 heavy (non-hydrogen) atoms. The molecule has 0 unspecified atom stereocenters. The van der Waals surface area contributed by atoms with E-state index in [9.17, 15) is 18.0 Å². The number of hydrogen-bond donors (Lipinski definition) is 2. The van der Waals surface area contributed by atoms with Crippen molar-refractivity contribution in [2.45, 2.75) is 37.9 Å². The number of benzene rings is 1. The molecule has 0 spiro atoms. The summed E-state index contributed by atoms with van der Waals surface area (Å²) in [4.78, 5) is 16.2. The van der Waals surface area contributed by atoms with Gasteiger partial charge in [-0.15, -0.1) is 0 Å². The Kier molecular flexibility index (Phi) is 5.36. The number of aromatic nitrogens is 1. The van der Waals surface area contributed by atoms with Crippen LogP contribution in [-0.2, 0) is 6.18 Å². The summed E-state index contributed by atoms with van der Waals surface area (Å²) in [5, 5.41) is 5.88. The van der Waals surface area contributed by atoms with Crippen LogP contribution in [0.15, 0.2) is 36.5 Å². The minimum Gasteiger partial charge on any atom is -0.353 e. The lowest BCUT2D eigenvalue weighted by molar-refractivity contribution is -0.137. The monoisotopic (exact) mass is 383 g/mol. The maximum absolute atomic E-state index is 12.8. The third-order valence-electron chi connectivity index (χ3n) is 4.26. The van der Waals surface area contributed by atoms with Crippen molar-refractivity contribution in [3.8, 4) is 0 Å². The first-order valence-electron chi connectivity index (χ1n) is 8.23. The number of nitrogens with one attached hydrogen (secondary N) is 2. The van der Waals surface area contributed by atoms with Gasteiger partial charge in [0.05, 0.1) is 28.2 Å². The third kappa shape index (κ3) is 4.46. The van der Waals surface area contributed by atoms with Crippen LogP contribution in [0.2, 0.25) is 5.02 Å². The molecule has 2 N–H and O–H groups in total. The Labute approximate surface area is 153 Å². The van der Waals surface area contributed by atoms with Gasteiger partial charge in [0.1, 0.15) is 5.69 Å². The number of amides is 1. The summed E-state index contributed by atoms with van der Waals surface area (Å²) in [5.41, 5.74) is 0.0117. The van der Waals surface area contributed by atoms with Gasteiger partial charge in [-0.25, -0.2) is 4.98 Å². The van der Waals surface area contributed by atoms with Gasteiger partial charge in [-0.2, -0.15) is 13.2 Å². The summed E-state index contributed by atoms with van der Waals surface area (Å²) in [7, 11) is 0. The molecule has 1 aliphatic rings. The van der Waals surface area contributed by atoms with Crippen LogP contribution in [0.25, 0.3) is 0 Å². The number of alkyl halides is 3. The van der Waals surface area contributed by atoms with Gasteiger partial charge in [-0.05, 0) is 43.2 Å². The molecule has 1 amide bonds. The largest absolute Gasteiger partial charge is 0.416 e. The number of pyridine rings is 1. The molecule has 1 aromatic carbocycles. The SMILES string of the molecule is O=C(NC1CCCC1)c1ccc(Nc2cc(C(F)(F)F)ccc2Cl)cn1. The highest BCUT2D eigenvalue weighted by Gasteiger charge is 2.31. The van der Waals surface area contributed by atoms with E-state index in [2.05, 4.69) is 15.6 Å². The van der Waals surface area contributed by atoms with Crippen molar-refractivity contribution in [1.29, 1.82) is 0 Å². The number of anilines is 2. The second-order valence-electron chi connectivity index (χ2n) is 6.20. The predicted octanol–water partition coefficient (Wildman–Crippen LogP) is 5.17. The molecule has 0 radical (unpaired) electrons. The lowest BCUT2D eigenvalue weighted by Crippen LogP contribution is -2.33. The average Bonchev–Trinajstić information content (AvgIpc) is 3.09. The van der Waals surface area contributed by atoms with Crippen molar-refractivity contribution in [3.05, 3.63) is 52.8 Å². The van der Waals surface area contributed by atoms with E-state index in [0.29, 0.717) is 5.69 Å². The molecule has 4 nitrogen and oxygen atoms in total. The van der Waals surface area contributed by atoms with Gasteiger partial charge in [0.25, 0.3) is 5.91 Å². The summed E-state index contributed by atoms with van der Waals surface area (Å²) < 4.78 is 38.5. The Morgan fingerprint density at radius 2 is 1.88 bits per heavy atom. The van der Waals surface area contributed by atoms with E-state index in [1.807, 2.05) is 0 Å². The molecule has 1 aromatic heterocycles. The van der Waals surface area contributed by atoms with Crippen LogP contribution in [0.1, 0.15) is 41.7 Å². The molecule has 1 heterocycles. The summed E-state index contributed by atoms with van der Waals surface area (Å²) >= 11 is 5.96. The van der Waals surface area contributed by atoms with Crippen molar-refractivity contribution < 1.29 is 18.0 Å². The van der Waals surface area contributed by atoms with Crippen LogP contribution in [0, 0.1) is 0 Å². The second kappa shape index (κ2) is 7.53. The van der Waals surface area contributed by atoms with E-state index in [4.69, 9.17) is 11.6 Å². The number of nitrogens with zero attached hydrogens (tertiary/aromatic N) is 1. The van der Waals surface area contributed by atoms with Gasteiger partial charge < -0.3 is 10.6 Å². The zero-order valence-electron chi connectivity index (χ0n) is 13.7. The van der Waals surface area contributed by atoms with Crippen molar-refractivity contribution in [1.82, 2.24) is 10.3 Å². The molecule has 1 fully saturated rings. The lowest BCUT2D eigenvalue weighted by Gasteiger charge is -2.13. The zero-order valence-corrected chi connectivity index (χ0v) is 14.5. The Morgan fingerprint density at radius 3 is 2.50 bits per heavy atom. The minimum absolute atomic E-state index is 0.117. The quantitative estimate of drug-likeness (QED) is 0.765. The fourth-order valence-corrected chi connectivity index (χ4v) is 3.05. The summed E-state index contributed by atoms with van der Waals surface area (Å²) in [5.74, 6) is -0.249. The molecule has 1 saturated carbocycles. The molecular formula is C18H17ClF3N3O. The van der Waals surface area contributed by atoms with Crippen molar-refractivity contribution >= 4 is 28.9 Å². The van der Waals surface area contributed by atoms with Crippen LogP contribution in [0.3, 0.4) is 0 Å². The lowest BCUT2D eigenvalue weighted by atomic mass is 10.2. The smallest absolute Gasteiger partial charge is 0.353 e. The highest BCUT2D eigenvalue weighted by molar-refractivity contribution is 6.33. The first-order chi connectivity index (χ1) is 12.3. The summed E-state index contributed by atoms with van der Waals surface area (Å²) in [6.45, 7) is 0.